The molecular weight excluding hydrogens is 310 g/mol. The molecule has 0 aliphatic rings. The Labute approximate surface area is 153 Å². The molecule has 0 saturated carbocycles. The average molecular weight is 348 g/mol. The van der Waals surface area contributed by atoms with Crippen molar-refractivity contribution in [3.8, 4) is 11.8 Å². The van der Waals surface area contributed by atoms with E-state index in [1.807, 2.05) is 6.08 Å². The molecule has 0 amide bonds. The van der Waals surface area contributed by atoms with Crippen molar-refractivity contribution in [2.75, 3.05) is 0 Å². The van der Waals surface area contributed by atoms with Crippen molar-refractivity contribution in [1.82, 2.24) is 4.98 Å². The summed E-state index contributed by atoms with van der Waals surface area (Å²) < 4.78 is 0. The fourth-order valence-corrected chi connectivity index (χ4v) is 2.94. The molecule has 0 atom stereocenters. The number of rotatable bonds is 15. The molecule has 1 aromatic heterocycles. The van der Waals surface area contributed by atoms with E-state index in [1.54, 1.807) is 0 Å². The molecule has 0 aromatic carbocycles. The second kappa shape index (κ2) is 14.7. The van der Waals surface area contributed by atoms with Gasteiger partial charge in [-0.15, -0.1) is 0 Å². The van der Waals surface area contributed by atoms with E-state index in [9.17, 15) is 10.2 Å². The van der Waals surface area contributed by atoms with Gasteiger partial charge in [-0.05, 0) is 38.5 Å². The summed E-state index contributed by atoms with van der Waals surface area (Å²) in [5, 5.41) is 18.7. The molecule has 0 fully saturated rings. The molecule has 0 aliphatic carbocycles. The van der Waals surface area contributed by atoms with Gasteiger partial charge in [0.2, 0.25) is 0 Å². The Kier molecular flexibility index (Phi) is 12.6. The third-order valence-electron chi connectivity index (χ3n) is 4.49. The molecule has 3 N–H and O–H groups in total. The third kappa shape index (κ3) is 11.5. The van der Waals surface area contributed by atoms with Crippen molar-refractivity contribution < 1.29 is 10.2 Å². The van der Waals surface area contributed by atoms with Crippen LogP contribution >= 0.6 is 0 Å². The van der Waals surface area contributed by atoms with E-state index in [-0.39, 0.29) is 11.8 Å². The Morgan fingerprint density at radius 3 is 1.80 bits per heavy atom. The van der Waals surface area contributed by atoms with Gasteiger partial charge in [-0.2, -0.15) is 0 Å². The van der Waals surface area contributed by atoms with Crippen LogP contribution in [0.3, 0.4) is 0 Å². The highest BCUT2D eigenvalue weighted by Crippen LogP contribution is 2.23. The molecule has 142 valence electrons. The fourth-order valence-electron chi connectivity index (χ4n) is 2.94. The summed E-state index contributed by atoms with van der Waals surface area (Å²) in [5.41, 5.74) is 0.646. The summed E-state index contributed by atoms with van der Waals surface area (Å²) in [6.45, 7) is 2.27. The maximum absolute atomic E-state index is 9.48. The van der Waals surface area contributed by atoms with E-state index in [1.165, 1.54) is 83.1 Å². The lowest BCUT2D eigenvalue weighted by molar-refractivity contribution is 0.425. The first-order valence-corrected chi connectivity index (χ1v) is 10.2. The average Bonchev–Trinajstić information content (AvgIpc) is 2.92. The Morgan fingerprint density at radius 1 is 0.760 bits per heavy atom. The normalized spacial score (nSPS) is 11.9. The topological polar surface area (TPSA) is 56.2 Å². The van der Waals surface area contributed by atoms with Gasteiger partial charge in [0.1, 0.15) is 0 Å². The van der Waals surface area contributed by atoms with Gasteiger partial charge in [0.25, 0.3) is 0 Å². The van der Waals surface area contributed by atoms with Crippen LogP contribution in [0.5, 0.6) is 11.8 Å². The van der Waals surface area contributed by atoms with E-state index in [0.29, 0.717) is 5.56 Å². The lowest BCUT2D eigenvalue weighted by atomic mass is 10.1. The van der Waals surface area contributed by atoms with Crippen molar-refractivity contribution in [3.05, 3.63) is 29.9 Å². The molecule has 3 nitrogen and oxygen atoms in total. The first-order valence-electron chi connectivity index (χ1n) is 10.2. The second-order valence-corrected chi connectivity index (χ2v) is 6.88. The Bertz CT molecular complexity index is 488. The highest BCUT2D eigenvalue weighted by atomic mass is 16.3. The van der Waals surface area contributed by atoms with Crippen molar-refractivity contribution in [1.29, 1.82) is 0 Å². The molecule has 0 saturated heterocycles. The molecule has 0 unspecified atom stereocenters. The number of hydrogen-bond donors (Lipinski definition) is 3. The van der Waals surface area contributed by atoms with Crippen molar-refractivity contribution >= 4 is 6.08 Å². The predicted molar refractivity (Wildman–Crippen MR) is 108 cm³/mol. The summed E-state index contributed by atoms with van der Waals surface area (Å²) >= 11 is 0. The smallest absolute Gasteiger partial charge is 0.198 e. The number of aromatic hydroxyl groups is 2. The molecule has 1 heterocycles. The third-order valence-corrected chi connectivity index (χ3v) is 4.49. The van der Waals surface area contributed by atoms with Crippen molar-refractivity contribution in [2.24, 2.45) is 0 Å². The molecular formula is C22H37NO2. The molecule has 0 bridgehead atoms. The predicted octanol–water partition coefficient (Wildman–Crippen LogP) is 7.09. The van der Waals surface area contributed by atoms with E-state index in [0.717, 1.165) is 6.42 Å². The summed E-state index contributed by atoms with van der Waals surface area (Å²) in [7, 11) is 0. The largest absolute Gasteiger partial charge is 0.494 e. The Morgan fingerprint density at radius 2 is 1.28 bits per heavy atom. The number of aromatic nitrogens is 1. The van der Waals surface area contributed by atoms with Crippen molar-refractivity contribution in [3.63, 3.8) is 0 Å². The summed E-state index contributed by atoms with van der Waals surface area (Å²) in [6, 6.07) is 1.53. The summed E-state index contributed by atoms with van der Waals surface area (Å²) in [4.78, 5) is 2.47. The minimum absolute atomic E-state index is 0.00157. The van der Waals surface area contributed by atoms with E-state index in [4.69, 9.17) is 0 Å². The second-order valence-electron chi connectivity index (χ2n) is 6.88. The van der Waals surface area contributed by atoms with Crippen LogP contribution in [0.1, 0.15) is 96.0 Å². The zero-order chi connectivity index (χ0) is 18.2. The van der Waals surface area contributed by atoms with Gasteiger partial charge >= 0.3 is 0 Å². The van der Waals surface area contributed by atoms with Crippen LogP contribution in [0.4, 0.5) is 0 Å². The molecule has 25 heavy (non-hydrogen) atoms. The van der Waals surface area contributed by atoms with Crippen LogP contribution in [0, 0.1) is 0 Å². The molecule has 3 heteroatoms. The van der Waals surface area contributed by atoms with Crippen molar-refractivity contribution in [2.45, 2.75) is 90.4 Å². The van der Waals surface area contributed by atoms with E-state index in [2.05, 4.69) is 30.1 Å². The molecule has 0 radical (unpaired) electrons. The number of aromatic amines is 1. The monoisotopic (exact) mass is 347 g/mol. The van der Waals surface area contributed by atoms with E-state index < -0.39 is 0 Å². The van der Waals surface area contributed by atoms with Crippen LogP contribution < -0.4 is 0 Å². The van der Waals surface area contributed by atoms with E-state index >= 15 is 0 Å². The summed E-state index contributed by atoms with van der Waals surface area (Å²) in [6.07, 6.45) is 25.4. The van der Waals surface area contributed by atoms with Gasteiger partial charge in [0, 0.05) is 11.6 Å². The highest BCUT2D eigenvalue weighted by molar-refractivity contribution is 5.56. The van der Waals surface area contributed by atoms with Gasteiger partial charge < -0.3 is 10.2 Å². The minimum Gasteiger partial charge on any atom is -0.494 e. The molecule has 1 rings (SSSR count). The standard InChI is InChI=1S/C22H37NO2/c1-2-3-4-5-6-7-8-9-10-11-12-13-14-15-16-17-18-20-19-21(24)23-22(20)25/h9-10,17-19,23-25H,2-8,11-16H2,1H3. The highest BCUT2D eigenvalue weighted by Gasteiger charge is 2.01. The Balaban J connectivity index is 1.87. The van der Waals surface area contributed by atoms with Crippen LogP contribution in [-0.4, -0.2) is 15.2 Å². The maximum atomic E-state index is 9.48. The quantitative estimate of drug-likeness (QED) is 0.234. The lowest BCUT2D eigenvalue weighted by Crippen LogP contribution is -1.78. The fraction of sp³-hybridized carbons (Fsp3) is 0.636. The lowest BCUT2D eigenvalue weighted by Gasteiger charge is -1.98. The number of allylic oxidation sites excluding steroid dienone is 3. The van der Waals surface area contributed by atoms with Gasteiger partial charge in [-0.25, -0.2) is 0 Å². The molecule has 0 spiro atoms. The Hall–Kier alpha value is -1.64. The van der Waals surface area contributed by atoms with Crippen LogP contribution in [0.15, 0.2) is 24.3 Å². The SMILES string of the molecule is CCCCCCCCC=CCCCCCCC=Cc1cc(O)[nH]c1O. The number of unbranched alkanes of at least 4 members (excludes halogenated alkanes) is 11. The summed E-state index contributed by atoms with van der Waals surface area (Å²) in [5.74, 6) is 0.0307. The first-order chi connectivity index (χ1) is 12.2. The minimum atomic E-state index is 0.00157. The van der Waals surface area contributed by atoms with Crippen LogP contribution in [0.25, 0.3) is 6.08 Å². The molecule has 0 aliphatic heterocycles. The first kappa shape index (κ1) is 21.4. The zero-order valence-corrected chi connectivity index (χ0v) is 16.0. The van der Waals surface area contributed by atoms with Crippen LogP contribution in [0.2, 0.25) is 0 Å². The van der Waals surface area contributed by atoms with Gasteiger partial charge in [0.05, 0.1) is 0 Å². The number of hydrogen-bond acceptors (Lipinski definition) is 2. The number of nitrogens with one attached hydrogen (secondary N) is 1. The van der Waals surface area contributed by atoms with Gasteiger partial charge in [-0.3, -0.25) is 4.98 Å². The van der Waals surface area contributed by atoms with Gasteiger partial charge in [-0.1, -0.05) is 76.2 Å². The maximum Gasteiger partial charge on any atom is 0.198 e. The zero-order valence-electron chi connectivity index (χ0n) is 16.0. The molecule has 1 aromatic rings. The van der Waals surface area contributed by atoms with Gasteiger partial charge in [0.15, 0.2) is 11.8 Å². The number of H-pyrrole nitrogens is 1. The van der Waals surface area contributed by atoms with Crippen LogP contribution in [-0.2, 0) is 0 Å².